The van der Waals surface area contributed by atoms with Gasteiger partial charge in [-0.2, -0.15) is 4.98 Å². The molecule has 1 unspecified atom stereocenters. The molecule has 3 nitrogen and oxygen atoms in total. The first kappa shape index (κ1) is 10.8. The average molecular weight is 249 g/mol. The molecule has 0 aliphatic heterocycles. The smallest absolute Gasteiger partial charge is 0.234 e. The highest BCUT2D eigenvalue weighted by Crippen LogP contribution is 2.35. The molecule has 0 spiro atoms. The maximum absolute atomic E-state index is 5.69. The summed E-state index contributed by atoms with van der Waals surface area (Å²) in [6, 6.07) is 8.49. The highest BCUT2D eigenvalue weighted by Gasteiger charge is 2.26. The lowest BCUT2D eigenvalue weighted by atomic mass is 9.83. The Morgan fingerprint density at radius 3 is 3.06 bits per heavy atom. The van der Waals surface area contributed by atoms with Crippen LogP contribution in [0.15, 0.2) is 28.8 Å². The summed E-state index contributed by atoms with van der Waals surface area (Å²) in [5, 5.41) is 3.86. The topological polar surface area (TPSA) is 38.9 Å². The normalized spacial score (nSPS) is 19.0. The summed E-state index contributed by atoms with van der Waals surface area (Å²) in [4.78, 5) is 4.34. The number of rotatable bonds is 2. The minimum Gasteiger partial charge on any atom is -0.339 e. The molecular weight excluding hydrogens is 236 g/mol. The fourth-order valence-electron chi connectivity index (χ4n) is 2.47. The lowest BCUT2D eigenvalue weighted by molar-refractivity contribution is 0.351. The molecule has 1 atom stereocenters. The SMILES string of the molecule is ClCc1noc(C2CCCc3ccccc32)n1. The van der Waals surface area contributed by atoms with Crippen molar-refractivity contribution in [3.05, 3.63) is 47.1 Å². The third-order valence-electron chi connectivity index (χ3n) is 3.27. The predicted octanol–water partition coefficient (Wildman–Crippen LogP) is 3.28. The molecule has 0 saturated heterocycles. The van der Waals surface area contributed by atoms with E-state index in [1.165, 1.54) is 17.5 Å². The zero-order valence-electron chi connectivity index (χ0n) is 9.40. The molecule has 0 fully saturated rings. The standard InChI is InChI=1S/C13H13ClN2O/c14-8-12-15-13(17-16-12)11-7-3-5-9-4-1-2-6-10(9)11/h1-2,4,6,11H,3,5,7-8H2. The summed E-state index contributed by atoms with van der Waals surface area (Å²) < 4.78 is 5.31. The molecule has 1 heterocycles. The Kier molecular flexibility index (Phi) is 2.85. The molecule has 1 aliphatic rings. The van der Waals surface area contributed by atoms with Crippen molar-refractivity contribution >= 4 is 11.6 Å². The number of halogens is 1. The van der Waals surface area contributed by atoms with Crippen LogP contribution in [0.5, 0.6) is 0 Å². The van der Waals surface area contributed by atoms with Crippen LogP contribution in [-0.2, 0) is 12.3 Å². The minimum absolute atomic E-state index is 0.240. The number of nitrogens with zero attached hydrogens (tertiary/aromatic N) is 2. The molecule has 3 rings (SSSR count). The molecule has 88 valence electrons. The van der Waals surface area contributed by atoms with Crippen LogP contribution in [-0.4, -0.2) is 10.1 Å². The van der Waals surface area contributed by atoms with Crippen LogP contribution in [0.2, 0.25) is 0 Å². The van der Waals surface area contributed by atoms with E-state index in [1.807, 2.05) is 0 Å². The Morgan fingerprint density at radius 2 is 2.24 bits per heavy atom. The van der Waals surface area contributed by atoms with Gasteiger partial charge in [0.05, 0.1) is 11.8 Å². The molecule has 1 aromatic carbocycles. The third kappa shape index (κ3) is 1.95. The van der Waals surface area contributed by atoms with Gasteiger partial charge in [-0.15, -0.1) is 11.6 Å². The van der Waals surface area contributed by atoms with Crippen LogP contribution >= 0.6 is 11.6 Å². The molecule has 1 aliphatic carbocycles. The van der Waals surface area contributed by atoms with Gasteiger partial charge in [0.1, 0.15) is 0 Å². The summed E-state index contributed by atoms with van der Waals surface area (Å²) in [6.45, 7) is 0. The highest BCUT2D eigenvalue weighted by molar-refractivity contribution is 6.16. The molecule has 17 heavy (non-hydrogen) atoms. The molecule has 2 aromatic rings. The van der Waals surface area contributed by atoms with Crippen molar-refractivity contribution in [3.8, 4) is 0 Å². The summed E-state index contributed by atoms with van der Waals surface area (Å²) in [7, 11) is 0. The quantitative estimate of drug-likeness (QED) is 0.766. The number of hydrogen-bond donors (Lipinski definition) is 0. The first-order chi connectivity index (χ1) is 8.38. The molecule has 0 amide bonds. The Bertz CT molecular complexity index is 524. The van der Waals surface area contributed by atoms with Crippen LogP contribution in [0.4, 0.5) is 0 Å². The minimum atomic E-state index is 0.240. The average Bonchev–Trinajstić information content (AvgIpc) is 2.87. The number of hydrogen-bond acceptors (Lipinski definition) is 3. The van der Waals surface area contributed by atoms with Crippen LogP contribution in [0.25, 0.3) is 0 Å². The van der Waals surface area contributed by atoms with Crippen LogP contribution in [0.1, 0.15) is 41.6 Å². The lowest BCUT2D eigenvalue weighted by Crippen LogP contribution is -2.11. The predicted molar refractivity (Wildman–Crippen MR) is 65.1 cm³/mol. The van der Waals surface area contributed by atoms with E-state index in [4.69, 9.17) is 16.1 Å². The second-order valence-corrected chi connectivity index (χ2v) is 4.59. The van der Waals surface area contributed by atoms with Gasteiger partial charge in [0.2, 0.25) is 5.89 Å². The zero-order valence-corrected chi connectivity index (χ0v) is 10.2. The van der Waals surface area contributed by atoms with Gasteiger partial charge >= 0.3 is 0 Å². The molecule has 0 bridgehead atoms. The van der Waals surface area contributed by atoms with E-state index in [0.717, 1.165) is 12.8 Å². The molecule has 0 N–H and O–H groups in total. The largest absolute Gasteiger partial charge is 0.339 e. The monoisotopic (exact) mass is 248 g/mol. The molecule has 0 radical (unpaired) electrons. The first-order valence-electron chi connectivity index (χ1n) is 5.84. The summed E-state index contributed by atoms with van der Waals surface area (Å²) in [6.07, 6.45) is 3.38. The van der Waals surface area contributed by atoms with Crippen LogP contribution < -0.4 is 0 Å². The zero-order chi connectivity index (χ0) is 11.7. The summed E-state index contributed by atoms with van der Waals surface area (Å²) in [5.74, 6) is 1.82. The van der Waals surface area contributed by atoms with Crippen LogP contribution in [0.3, 0.4) is 0 Å². The highest BCUT2D eigenvalue weighted by atomic mass is 35.5. The van der Waals surface area contributed by atoms with Gasteiger partial charge in [0.25, 0.3) is 0 Å². The van der Waals surface area contributed by atoms with Crippen molar-refractivity contribution in [1.82, 2.24) is 10.1 Å². The van der Waals surface area contributed by atoms with E-state index in [2.05, 4.69) is 34.4 Å². The lowest BCUT2D eigenvalue weighted by Gasteiger charge is -2.22. The van der Waals surface area contributed by atoms with Crippen molar-refractivity contribution < 1.29 is 4.52 Å². The van der Waals surface area contributed by atoms with Crippen molar-refractivity contribution in [2.45, 2.75) is 31.1 Å². The molecular formula is C13H13ClN2O. The molecule has 1 aromatic heterocycles. The third-order valence-corrected chi connectivity index (χ3v) is 3.51. The summed E-state index contributed by atoms with van der Waals surface area (Å²) >= 11 is 5.69. The van der Waals surface area contributed by atoms with Gasteiger partial charge in [-0.1, -0.05) is 29.4 Å². The second kappa shape index (κ2) is 4.49. The van der Waals surface area contributed by atoms with Gasteiger partial charge in [-0.05, 0) is 30.4 Å². The Morgan fingerprint density at radius 1 is 1.35 bits per heavy atom. The number of alkyl halides is 1. The van der Waals surface area contributed by atoms with Crippen molar-refractivity contribution in [2.24, 2.45) is 0 Å². The maximum Gasteiger partial charge on any atom is 0.234 e. The van der Waals surface area contributed by atoms with Crippen molar-refractivity contribution in [3.63, 3.8) is 0 Å². The van der Waals surface area contributed by atoms with Gasteiger partial charge in [-0.3, -0.25) is 0 Å². The van der Waals surface area contributed by atoms with E-state index in [1.54, 1.807) is 0 Å². The van der Waals surface area contributed by atoms with Gasteiger partial charge in [0, 0.05) is 0 Å². The number of fused-ring (bicyclic) bond motifs is 1. The maximum atomic E-state index is 5.69. The number of benzene rings is 1. The van der Waals surface area contributed by atoms with E-state index >= 15 is 0 Å². The Labute approximate surface area is 105 Å². The second-order valence-electron chi connectivity index (χ2n) is 4.33. The van der Waals surface area contributed by atoms with Gasteiger partial charge < -0.3 is 4.52 Å². The Balaban J connectivity index is 1.99. The van der Waals surface area contributed by atoms with E-state index in [-0.39, 0.29) is 5.92 Å². The van der Waals surface area contributed by atoms with Crippen LogP contribution in [0, 0.1) is 0 Å². The van der Waals surface area contributed by atoms with Crippen molar-refractivity contribution in [1.29, 1.82) is 0 Å². The number of aromatic nitrogens is 2. The van der Waals surface area contributed by atoms with Gasteiger partial charge in [-0.25, -0.2) is 0 Å². The fraction of sp³-hybridized carbons (Fsp3) is 0.385. The Hall–Kier alpha value is -1.35. The van der Waals surface area contributed by atoms with E-state index in [0.29, 0.717) is 17.6 Å². The van der Waals surface area contributed by atoms with E-state index < -0.39 is 0 Å². The van der Waals surface area contributed by atoms with E-state index in [9.17, 15) is 0 Å². The van der Waals surface area contributed by atoms with Gasteiger partial charge in [0.15, 0.2) is 5.82 Å². The van der Waals surface area contributed by atoms with Crippen molar-refractivity contribution in [2.75, 3.05) is 0 Å². The summed E-state index contributed by atoms with van der Waals surface area (Å²) in [5.41, 5.74) is 2.72. The fourth-order valence-corrected chi connectivity index (χ4v) is 2.58. The molecule has 4 heteroatoms. The first-order valence-corrected chi connectivity index (χ1v) is 6.38. The number of aryl methyl sites for hydroxylation is 1. The molecule has 0 saturated carbocycles.